The zero-order valence-electron chi connectivity index (χ0n) is 9.19. The van der Waals surface area contributed by atoms with E-state index in [0.717, 1.165) is 19.6 Å². The Morgan fingerprint density at radius 3 is 2.06 bits per heavy atom. The molecule has 0 atom stereocenters. The van der Waals surface area contributed by atoms with Crippen molar-refractivity contribution in [2.75, 3.05) is 39.8 Å². The number of aliphatic carboxylic acids is 2. The van der Waals surface area contributed by atoms with Gasteiger partial charge in [-0.3, -0.25) is 0 Å². The first-order valence-electron chi connectivity index (χ1n) is 5.06. The van der Waals surface area contributed by atoms with Crippen LogP contribution in [0.3, 0.4) is 0 Å². The van der Waals surface area contributed by atoms with Gasteiger partial charge in [0.25, 0.3) is 0 Å². The standard InChI is InChI=1S/C7H15N3.C2H2O4/c1-10-5-7(6-10)4-8-2-3-9-7;3-1(4)2(5)6/h8-9H,2-6H2,1H3;(H,3,4)(H,5,6). The molecule has 0 aromatic heterocycles. The lowest BCUT2D eigenvalue weighted by molar-refractivity contribution is -0.159. The van der Waals surface area contributed by atoms with Crippen LogP contribution < -0.4 is 10.6 Å². The Morgan fingerprint density at radius 2 is 1.75 bits per heavy atom. The summed E-state index contributed by atoms with van der Waals surface area (Å²) in [5.41, 5.74) is 0.438. The van der Waals surface area contributed by atoms with Gasteiger partial charge in [0.2, 0.25) is 0 Å². The number of nitrogens with zero attached hydrogens (tertiary/aromatic N) is 1. The van der Waals surface area contributed by atoms with Crippen LogP contribution in [0.4, 0.5) is 0 Å². The van der Waals surface area contributed by atoms with Crippen LogP contribution in [0.1, 0.15) is 0 Å². The fourth-order valence-electron chi connectivity index (χ4n) is 2.02. The SMILES string of the molecule is CN1CC2(CNCCN2)C1.O=C(O)C(=O)O. The van der Waals surface area contributed by atoms with Crippen LogP contribution in [-0.2, 0) is 9.59 Å². The zero-order chi connectivity index (χ0) is 12.2. The highest BCUT2D eigenvalue weighted by Crippen LogP contribution is 2.18. The minimum Gasteiger partial charge on any atom is -0.473 e. The maximum atomic E-state index is 9.10. The summed E-state index contributed by atoms with van der Waals surface area (Å²) in [6.07, 6.45) is 0. The third-order valence-corrected chi connectivity index (χ3v) is 2.59. The van der Waals surface area contributed by atoms with Crippen LogP contribution >= 0.6 is 0 Å². The van der Waals surface area contributed by atoms with E-state index in [0.29, 0.717) is 5.54 Å². The first kappa shape index (κ1) is 12.9. The van der Waals surface area contributed by atoms with E-state index in [4.69, 9.17) is 19.8 Å². The Kier molecular flexibility index (Phi) is 4.22. The first-order valence-corrected chi connectivity index (χ1v) is 5.06. The van der Waals surface area contributed by atoms with E-state index in [9.17, 15) is 0 Å². The minimum absolute atomic E-state index is 0.438. The van der Waals surface area contributed by atoms with Crippen LogP contribution in [0.2, 0.25) is 0 Å². The fourth-order valence-corrected chi connectivity index (χ4v) is 2.02. The summed E-state index contributed by atoms with van der Waals surface area (Å²) >= 11 is 0. The molecule has 0 saturated carbocycles. The second-order valence-corrected chi connectivity index (χ2v) is 4.17. The number of carboxylic acids is 2. The largest absolute Gasteiger partial charge is 0.473 e. The van der Waals surface area contributed by atoms with Gasteiger partial charge in [0.1, 0.15) is 0 Å². The van der Waals surface area contributed by atoms with Gasteiger partial charge < -0.3 is 25.7 Å². The molecule has 0 amide bonds. The number of likely N-dealkylation sites (N-methyl/N-ethyl adjacent to an activating group) is 1. The third kappa shape index (κ3) is 3.44. The van der Waals surface area contributed by atoms with E-state index < -0.39 is 11.9 Å². The molecule has 2 aliphatic heterocycles. The summed E-state index contributed by atoms with van der Waals surface area (Å²) < 4.78 is 0. The molecule has 2 fully saturated rings. The first-order chi connectivity index (χ1) is 7.45. The van der Waals surface area contributed by atoms with Crippen molar-refractivity contribution in [3.8, 4) is 0 Å². The van der Waals surface area contributed by atoms with Gasteiger partial charge >= 0.3 is 11.9 Å². The van der Waals surface area contributed by atoms with Crippen LogP contribution in [0.5, 0.6) is 0 Å². The van der Waals surface area contributed by atoms with Gasteiger partial charge in [-0.15, -0.1) is 0 Å². The molecule has 0 aromatic carbocycles. The van der Waals surface area contributed by atoms with E-state index in [1.54, 1.807) is 0 Å². The molecule has 1 spiro atoms. The van der Waals surface area contributed by atoms with Crippen molar-refractivity contribution in [3.05, 3.63) is 0 Å². The number of piperazine rings is 1. The normalized spacial score (nSPS) is 22.8. The number of hydrogen-bond acceptors (Lipinski definition) is 5. The summed E-state index contributed by atoms with van der Waals surface area (Å²) in [5, 5.41) is 21.7. The van der Waals surface area contributed by atoms with Crippen molar-refractivity contribution >= 4 is 11.9 Å². The second kappa shape index (κ2) is 5.24. The Hall–Kier alpha value is -1.18. The number of likely N-dealkylation sites (tertiary alicyclic amines) is 1. The Bertz CT molecular complexity index is 248. The summed E-state index contributed by atoms with van der Waals surface area (Å²) in [6.45, 7) is 5.83. The lowest BCUT2D eigenvalue weighted by atomic mass is 9.89. The van der Waals surface area contributed by atoms with E-state index >= 15 is 0 Å². The number of rotatable bonds is 0. The molecular weight excluding hydrogens is 214 g/mol. The van der Waals surface area contributed by atoms with E-state index in [-0.39, 0.29) is 0 Å². The van der Waals surface area contributed by atoms with Gasteiger partial charge in [0, 0.05) is 32.7 Å². The van der Waals surface area contributed by atoms with Gasteiger partial charge in [-0.2, -0.15) is 0 Å². The maximum Gasteiger partial charge on any atom is 0.414 e. The summed E-state index contributed by atoms with van der Waals surface area (Å²) in [7, 11) is 2.17. The smallest absolute Gasteiger partial charge is 0.414 e. The summed E-state index contributed by atoms with van der Waals surface area (Å²) in [6, 6.07) is 0. The van der Waals surface area contributed by atoms with Crippen molar-refractivity contribution in [3.63, 3.8) is 0 Å². The molecule has 2 saturated heterocycles. The number of hydrogen-bond donors (Lipinski definition) is 4. The molecule has 0 radical (unpaired) electrons. The molecule has 2 rings (SSSR count). The molecular formula is C9H17N3O4. The average Bonchev–Trinajstić information content (AvgIpc) is 2.18. The monoisotopic (exact) mass is 231 g/mol. The molecule has 7 nitrogen and oxygen atoms in total. The Labute approximate surface area is 93.4 Å². The molecule has 92 valence electrons. The van der Waals surface area contributed by atoms with Crippen LogP contribution in [0.15, 0.2) is 0 Å². The predicted molar refractivity (Wildman–Crippen MR) is 56.4 cm³/mol. The molecule has 0 bridgehead atoms. The van der Waals surface area contributed by atoms with Crippen LogP contribution in [0, 0.1) is 0 Å². The van der Waals surface area contributed by atoms with Crippen LogP contribution in [-0.4, -0.2) is 72.4 Å². The van der Waals surface area contributed by atoms with Gasteiger partial charge in [0.05, 0.1) is 5.54 Å². The highest BCUT2D eigenvalue weighted by atomic mass is 16.4. The number of carbonyl (C=O) groups is 2. The van der Waals surface area contributed by atoms with Gasteiger partial charge in [0.15, 0.2) is 0 Å². The molecule has 2 heterocycles. The molecule has 2 aliphatic rings. The fraction of sp³-hybridized carbons (Fsp3) is 0.778. The van der Waals surface area contributed by atoms with E-state index in [2.05, 4.69) is 22.6 Å². The van der Waals surface area contributed by atoms with Crippen molar-refractivity contribution in [2.24, 2.45) is 0 Å². The summed E-state index contributed by atoms with van der Waals surface area (Å²) in [5.74, 6) is -3.65. The quantitative estimate of drug-likeness (QED) is 0.358. The maximum absolute atomic E-state index is 9.10. The van der Waals surface area contributed by atoms with Crippen molar-refractivity contribution in [2.45, 2.75) is 5.54 Å². The van der Waals surface area contributed by atoms with E-state index in [1.807, 2.05) is 0 Å². The Balaban J connectivity index is 0.000000187. The van der Waals surface area contributed by atoms with Crippen molar-refractivity contribution in [1.82, 2.24) is 15.5 Å². The molecule has 7 heteroatoms. The van der Waals surface area contributed by atoms with E-state index in [1.165, 1.54) is 13.1 Å². The minimum atomic E-state index is -1.82. The van der Waals surface area contributed by atoms with Gasteiger partial charge in [-0.05, 0) is 7.05 Å². The van der Waals surface area contributed by atoms with Gasteiger partial charge in [-0.1, -0.05) is 0 Å². The lowest BCUT2D eigenvalue weighted by Crippen LogP contribution is -2.74. The zero-order valence-corrected chi connectivity index (χ0v) is 9.19. The average molecular weight is 231 g/mol. The molecule has 4 N–H and O–H groups in total. The van der Waals surface area contributed by atoms with Gasteiger partial charge in [-0.25, -0.2) is 9.59 Å². The van der Waals surface area contributed by atoms with Crippen molar-refractivity contribution in [1.29, 1.82) is 0 Å². The lowest BCUT2D eigenvalue weighted by Gasteiger charge is -2.51. The Morgan fingerprint density at radius 1 is 1.19 bits per heavy atom. The second-order valence-electron chi connectivity index (χ2n) is 4.17. The molecule has 0 aliphatic carbocycles. The predicted octanol–water partition coefficient (Wildman–Crippen LogP) is -1.98. The highest BCUT2D eigenvalue weighted by molar-refractivity contribution is 6.27. The topological polar surface area (TPSA) is 102 Å². The molecule has 0 unspecified atom stereocenters. The highest BCUT2D eigenvalue weighted by Gasteiger charge is 2.41. The molecule has 0 aromatic rings. The number of nitrogens with one attached hydrogen (secondary N) is 2. The number of carboxylic acid groups (broad SMARTS) is 2. The third-order valence-electron chi connectivity index (χ3n) is 2.59. The summed E-state index contributed by atoms with van der Waals surface area (Å²) in [4.78, 5) is 20.5. The van der Waals surface area contributed by atoms with Crippen LogP contribution in [0.25, 0.3) is 0 Å². The molecule has 16 heavy (non-hydrogen) atoms. The van der Waals surface area contributed by atoms with Crippen molar-refractivity contribution < 1.29 is 19.8 Å².